The highest BCUT2D eigenvalue weighted by atomic mass is 16.5. The number of aromatic nitrogens is 1. The van der Waals surface area contributed by atoms with Gasteiger partial charge in [-0.3, -0.25) is 0 Å². The van der Waals surface area contributed by atoms with E-state index in [2.05, 4.69) is 16.4 Å². The van der Waals surface area contributed by atoms with Gasteiger partial charge in [0.2, 0.25) is 0 Å². The van der Waals surface area contributed by atoms with Crippen LogP contribution in [0.2, 0.25) is 0 Å². The van der Waals surface area contributed by atoms with Crippen LogP contribution in [-0.4, -0.2) is 23.7 Å². The van der Waals surface area contributed by atoms with Crippen molar-refractivity contribution < 1.29 is 4.74 Å². The highest BCUT2D eigenvalue weighted by Gasteiger charge is 2.35. The second-order valence-corrected chi connectivity index (χ2v) is 5.12. The van der Waals surface area contributed by atoms with Gasteiger partial charge in [0.25, 0.3) is 0 Å². The summed E-state index contributed by atoms with van der Waals surface area (Å²) >= 11 is 0. The fourth-order valence-electron chi connectivity index (χ4n) is 2.56. The summed E-state index contributed by atoms with van der Waals surface area (Å²) in [5.74, 6) is 1.48. The van der Waals surface area contributed by atoms with Crippen LogP contribution in [0.5, 0.6) is 0 Å². The largest absolute Gasteiger partial charge is 0.378 e. The minimum atomic E-state index is 0.381. The molecule has 2 atom stereocenters. The second kappa shape index (κ2) is 4.95. The molecule has 4 heteroatoms. The van der Waals surface area contributed by atoms with Crippen molar-refractivity contribution in [1.29, 1.82) is 5.26 Å². The summed E-state index contributed by atoms with van der Waals surface area (Å²) < 4.78 is 5.80. The van der Waals surface area contributed by atoms with Crippen molar-refractivity contribution >= 4 is 5.82 Å². The fourth-order valence-corrected chi connectivity index (χ4v) is 2.56. The van der Waals surface area contributed by atoms with Crippen LogP contribution in [0.15, 0.2) is 18.3 Å². The lowest BCUT2D eigenvalue weighted by atomic mass is 10.00. The Morgan fingerprint density at radius 3 is 3.06 bits per heavy atom. The van der Waals surface area contributed by atoms with E-state index in [4.69, 9.17) is 10.00 Å². The SMILES string of the molecule is N#Cc1cccnc1NC1CCOC(C2CC2)C1. The summed E-state index contributed by atoms with van der Waals surface area (Å²) in [6.45, 7) is 0.813. The molecule has 2 unspecified atom stereocenters. The van der Waals surface area contributed by atoms with Gasteiger partial charge in [-0.25, -0.2) is 4.98 Å². The first-order valence-corrected chi connectivity index (χ1v) is 6.60. The van der Waals surface area contributed by atoms with Gasteiger partial charge in [0, 0.05) is 18.8 Å². The fraction of sp³-hybridized carbons (Fsp3) is 0.571. The number of rotatable bonds is 3. The smallest absolute Gasteiger partial charge is 0.144 e. The van der Waals surface area contributed by atoms with Crippen LogP contribution in [0, 0.1) is 17.2 Å². The number of nitrogens with zero attached hydrogens (tertiary/aromatic N) is 2. The number of nitrogens with one attached hydrogen (secondary N) is 1. The molecule has 94 valence electrons. The van der Waals surface area contributed by atoms with Crippen molar-refractivity contribution in [2.75, 3.05) is 11.9 Å². The van der Waals surface area contributed by atoms with E-state index in [0.29, 0.717) is 23.5 Å². The van der Waals surface area contributed by atoms with Gasteiger partial charge in [0.05, 0.1) is 11.7 Å². The zero-order valence-electron chi connectivity index (χ0n) is 10.3. The highest BCUT2D eigenvalue weighted by Crippen LogP contribution is 2.38. The van der Waals surface area contributed by atoms with Gasteiger partial charge in [-0.05, 0) is 43.7 Å². The van der Waals surface area contributed by atoms with Crippen LogP contribution in [0.1, 0.15) is 31.2 Å². The molecule has 1 aliphatic carbocycles. The molecule has 0 amide bonds. The topological polar surface area (TPSA) is 57.9 Å². The predicted molar refractivity (Wildman–Crippen MR) is 68.1 cm³/mol. The minimum Gasteiger partial charge on any atom is -0.378 e. The lowest BCUT2D eigenvalue weighted by molar-refractivity contribution is -0.00223. The molecule has 0 aromatic carbocycles. The number of nitriles is 1. The normalized spacial score (nSPS) is 27.5. The van der Waals surface area contributed by atoms with Crippen LogP contribution < -0.4 is 5.32 Å². The Hall–Kier alpha value is -1.60. The van der Waals surface area contributed by atoms with E-state index in [9.17, 15) is 0 Å². The average Bonchev–Trinajstić information content (AvgIpc) is 3.24. The third kappa shape index (κ3) is 2.46. The van der Waals surface area contributed by atoms with Crippen LogP contribution in [0.4, 0.5) is 5.82 Å². The Morgan fingerprint density at radius 1 is 1.39 bits per heavy atom. The summed E-state index contributed by atoms with van der Waals surface area (Å²) in [5, 5.41) is 12.4. The van der Waals surface area contributed by atoms with E-state index in [0.717, 1.165) is 25.4 Å². The van der Waals surface area contributed by atoms with Crippen LogP contribution in [0.25, 0.3) is 0 Å². The lowest BCUT2D eigenvalue weighted by Crippen LogP contribution is -2.35. The molecule has 1 aliphatic heterocycles. The van der Waals surface area contributed by atoms with Crippen LogP contribution in [-0.2, 0) is 4.74 Å². The molecule has 2 heterocycles. The minimum absolute atomic E-state index is 0.381. The molecule has 1 saturated heterocycles. The Morgan fingerprint density at radius 2 is 2.28 bits per heavy atom. The van der Waals surface area contributed by atoms with E-state index >= 15 is 0 Å². The van der Waals surface area contributed by atoms with Gasteiger partial charge < -0.3 is 10.1 Å². The second-order valence-electron chi connectivity index (χ2n) is 5.12. The maximum absolute atomic E-state index is 9.04. The van der Waals surface area contributed by atoms with Crippen molar-refractivity contribution in [3.63, 3.8) is 0 Å². The van der Waals surface area contributed by atoms with Gasteiger partial charge in [0.1, 0.15) is 11.9 Å². The maximum atomic E-state index is 9.04. The quantitative estimate of drug-likeness (QED) is 0.885. The molecular weight excluding hydrogens is 226 g/mol. The lowest BCUT2D eigenvalue weighted by Gasteiger charge is -2.30. The monoisotopic (exact) mass is 243 g/mol. The van der Waals surface area contributed by atoms with Crippen molar-refractivity contribution in [3.05, 3.63) is 23.9 Å². The number of hydrogen-bond acceptors (Lipinski definition) is 4. The van der Waals surface area contributed by atoms with E-state index in [1.54, 1.807) is 18.3 Å². The van der Waals surface area contributed by atoms with Crippen LogP contribution >= 0.6 is 0 Å². The Labute approximate surface area is 107 Å². The van der Waals surface area contributed by atoms with Crippen molar-refractivity contribution in [2.45, 2.75) is 37.8 Å². The molecule has 0 spiro atoms. The summed E-state index contributed by atoms with van der Waals surface area (Å²) in [5.41, 5.74) is 0.618. The standard InChI is InChI=1S/C14H17N3O/c15-9-11-2-1-6-16-14(11)17-12-5-7-18-13(8-12)10-3-4-10/h1-2,6,10,12-13H,3-5,7-8H2,(H,16,17). The molecular formula is C14H17N3O. The average molecular weight is 243 g/mol. The molecule has 2 aliphatic rings. The van der Waals surface area contributed by atoms with Gasteiger partial charge >= 0.3 is 0 Å². The summed E-state index contributed by atoms with van der Waals surface area (Å²) in [6, 6.07) is 6.15. The van der Waals surface area contributed by atoms with E-state index in [1.807, 2.05) is 0 Å². The van der Waals surface area contributed by atoms with Crippen LogP contribution in [0.3, 0.4) is 0 Å². The predicted octanol–water partition coefficient (Wildman–Crippen LogP) is 2.32. The highest BCUT2D eigenvalue weighted by molar-refractivity contribution is 5.51. The molecule has 4 nitrogen and oxygen atoms in total. The van der Waals surface area contributed by atoms with Crippen molar-refractivity contribution in [1.82, 2.24) is 4.98 Å². The Bertz CT molecular complexity index is 464. The van der Waals surface area contributed by atoms with E-state index < -0.39 is 0 Å². The van der Waals surface area contributed by atoms with Gasteiger partial charge in [-0.2, -0.15) is 5.26 Å². The number of anilines is 1. The zero-order valence-corrected chi connectivity index (χ0v) is 10.3. The summed E-state index contributed by atoms with van der Waals surface area (Å²) in [7, 11) is 0. The molecule has 1 aromatic rings. The Balaban J connectivity index is 1.66. The van der Waals surface area contributed by atoms with Gasteiger partial charge in [0.15, 0.2) is 0 Å². The maximum Gasteiger partial charge on any atom is 0.144 e. The van der Waals surface area contributed by atoms with E-state index in [-0.39, 0.29) is 0 Å². The molecule has 2 fully saturated rings. The van der Waals surface area contributed by atoms with Gasteiger partial charge in [-0.15, -0.1) is 0 Å². The first kappa shape index (κ1) is 11.5. The van der Waals surface area contributed by atoms with Crippen molar-refractivity contribution in [2.24, 2.45) is 5.92 Å². The number of hydrogen-bond donors (Lipinski definition) is 1. The van der Waals surface area contributed by atoms with Gasteiger partial charge in [-0.1, -0.05) is 0 Å². The van der Waals surface area contributed by atoms with E-state index in [1.165, 1.54) is 12.8 Å². The molecule has 18 heavy (non-hydrogen) atoms. The first-order chi connectivity index (χ1) is 8.86. The first-order valence-electron chi connectivity index (χ1n) is 6.60. The Kier molecular flexibility index (Phi) is 3.16. The molecule has 1 saturated carbocycles. The molecule has 1 aromatic heterocycles. The molecule has 0 bridgehead atoms. The van der Waals surface area contributed by atoms with Crippen molar-refractivity contribution in [3.8, 4) is 6.07 Å². The third-order valence-corrected chi connectivity index (χ3v) is 3.73. The number of pyridine rings is 1. The molecule has 0 radical (unpaired) electrons. The zero-order chi connectivity index (χ0) is 12.4. The molecule has 1 N–H and O–H groups in total. The number of ether oxygens (including phenoxy) is 1. The molecule has 3 rings (SSSR count). The third-order valence-electron chi connectivity index (χ3n) is 3.73. The summed E-state index contributed by atoms with van der Waals surface area (Å²) in [4.78, 5) is 4.25. The summed E-state index contributed by atoms with van der Waals surface area (Å²) in [6.07, 6.45) is 6.78.